The van der Waals surface area contributed by atoms with Gasteiger partial charge in [0.25, 0.3) is 0 Å². The van der Waals surface area contributed by atoms with Crippen LogP contribution in [0.3, 0.4) is 0 Å². The van der Waals surface area contributed by atoms with Crippen LogP contribution < -0.4 is 0 Å². The third kappa shape index (κ3) is 1.93. The van der Waals surface area contributed by atoms with E-state index in [1.165, 1.54) is 51.9 Å². The second kappa shape index (κ2) is 4.23. The molecule has 0 bridgehead atoms. The Morgan fingerprint density at radius 1 is 0.750 bits per heavy atom. The third-order valence-electron chi connectivity index (χ3n) is 2.63. The third-order valence-corrected chi connectivity index (χ3v) is 5.65. The summed E-state index contributed by atoms with van der Waals surface area (Å²) in [4.78, 5) is 0. The predicted molar refractivity (Wildman–Crippen MR) is 54.4 cm³/mol. The average Bonchev–Trinajstić information content (AvgIpc) is 2.77. The molecule has 4 heteroatoms. The van der Waals surface area contributed by atoms with Crippen molar-refractivity contribution in [2.24, 2.45) is 0 Å². The normalized spacial score (nSPS) is 27.5. The van der Waals surface area contributed by atoms with Crippen molar-refractivity contribution >= 4 is 18.8 Å². The van der Waals surface area contributed by atoms with E-state index in [0.29, 0.717) is 0 Å². The summed E-state index contributed by atoms with van der Waals surface area (Å²) in [6, 6.07) is 0. The Morgan fingerprint density at radius 3 is 1.42 bits per heavy atom. The molecule has 0 N–H and O–H groups in total. The quantitative estimate of drug-likeness (QED) is 0.641. The molecule has 2 aliphatic heterocycles. The van der Waals surface area contributed by atoms with Crippen molar-refractivity contribution in [2.45, 2.75) is 25.7 Å². The Morgan fingerprint density at radius 2 is 1.08 bits per heavy atom. The summed E-state index contributed by atoms with van der Waals surface area (Å²) in [7, 11) is -0.444. The van der Waals surface area contributed by atoms with Crippen molar-refractivity contribution in [3.8, 4) is 0 Å². The van der Waals surface area contributed by atoms with Crippen molar-refractivity contribution in [3.05, 3.63) is 0 Å². The number of hydrogen-bond acceptors (Lipinski definition) is 2. The van der Waals surface area contributed by atoms with E-state index in [2.05, 4.69) is 9.34 Å². The summed E-state index contributed by atoms with van der Waals surface area (Å²) in [5, 5.41) is 0. The van der Waals surface area contributed by atoms with Crippen LogP contribution in [-0.4, -0.2) is 35.5 Å². The molecule has 12 heavy (non-hydrogen) atoms. The molecule has 0 spiro atoms. The first-order valence-corrected chi connectivity index (χ1v) is 6.99. The zero-order valence-electron chi connectivity index (χ0n) is 7.38. The van der Waals surface area contributed by atoms with Gasteiger partial charge in [-0.1, -0.05) is 11.2 Å². The van der Waals surface area contributed by atoms with Gasteiger partial charge in [-0.05, 0) is 25.7 Å². The van der Waals surface area contributed by atoms with Crippen molar-refractivity contribution in [1.29, 1.82) is 0 Å². The highest BCUT2D eigenvalue weighted by Crippen LogP contribution is 2.52. The zero-order valence-corrected chi connectivity index (χ0v) is 9.03. The monoisotopic (exact) mass is 206 g/mol. The van der Waals surface area contributed by atoms with Gasteiger partial charge >= 0.3 is 0 Å². The molecular formula is C8H16ClN2P. The Bertz CT molecular complexity index is 128. The van der Waals surface area contributed by atoms with Crippen LogP contribution >= 0.6 is 18.8 Å². The first-order valence-electron chi connectivity index (χ1n) is 4.83. The minimum absolute atomic E-state index is 0.444. The molecule has 0 aromatic rings. The van der Waals surface area contributed by atoms with E-state index in [0.717, 1.165) is 0 Å². The fourth-order valence-corrected chi connectivity index (χ4v) is 4.40. The topological polar surface area (TPSA) is 6.48 Å². The SMILES string of the molecule is ClP(N1CCCC1)N1CCCC1. The van der Waals surface area contributed by atoms with Gasteiger partial charge in [0.2, 0.25) is 0 Å². The Labute approximate surface area is 80.5 Å². The fourth-order valence-electron chi connectivity index (χ4n) is 1.91. The number of halogens is 1. The standard InChI is InChI=1S/C8H16ClN2P/c9-12(10-5-1-2-6-10)11-7-3-4-8-11/h1-8H2. The zero-order chi connectivity index (χ0) is 8.39. The van der Waals surface area contributed by atoms with Crippen LogP contribution in [-0.2, 0) is 0 Å². The molecule has 0 aromatic carbocycles. The van der Waals surface area contributed by atoms with Crippen LogP contribution in [0.15, 0.2) is 0 Å². The van der Waals surface area contributed by atoms with Crippen LogP contribution in [0.5, 0.6) is 0 Å². The maximum absolute atomic E-state index is 6.41. The summed E-state index contributed by atoms with van der Waals surface area (Å²) in [5.74, 6) is 0. The lowest BCUT2D eigenvalue weighted by molar-refractivity contribution is 0.487. The molecule has 0 radical (unpaired) electrons. The average molecular weight is 207 g/mol. The maximum Gasteiger partial charge on any atom is 0.140 e. The van der Waals surface area contributed by atoms with Gasteiger partial charge in [0.05, 0.1) is 0 Å². The van der Waals surface area contributed by atoms with Crippen LogP contribution in [0.2, 0.25) is 0 Å². The molecule has 2 saturated heterocycles. The second-order valence-electron chi connectivity index (χ2n) is 3.56. The summed E-state index contributed by atoms with van der Waals surface area (Å²) < 4.78 is 4.92. The first-order chi connectivity index (χ1) is 5.88. The summed E-state index contributed by atoms with van der Waals surface area (Å²) in [5.41, 5.74) is 0. The Balaban J connectivity index is 1.84. The smallest absolute Gasteiger partial charge is 0.140 e. The maximum atomic E-state index is 6.41. The summed E-state index contributed by atoms with van der Waals surface area (Å²) in [6.07, 6.45) is 5.39. The van der Waals surface area contributed by atoms with Gasteiger partial charge in [-0.25, -0.2) is 0 Å². The number of rotatable bonds is 2. The van der Waals surface area contributed by atoms with E-state index in [4.69, 9.17) is 11.2 Å². The molecular weight excluding hydrogens is 191 g/mol. The minimum atomic E-state index is -0.444. The van der Waals surface area contributed by atoms with E-state index in [1.54, 1.807) is 0 Å². The van der Waals surface area contributed by atoms with E-state index in [1.807, 2.05) is 0 Å². The van der Waals surface area contributed by atoms with Crippen molar-refractivity contribution in [2.75, 3.05) is 26.2 Å². The molecule has 2 nitrogen and oxygen atoms in total. The number of hydrogen-bond donors (Lipinski definition) is 0. The van der Waals surface area contributed by atoms with Crippen LogP contribution in [0.1, 0.15) is 25.7 Å². The predicted octanol–water partition coefficient (Wildman–Crippen LogP) is 2.64. The lowest BCUT2D eigenvalue weighted by Crippen LogP contribution is -2.22. The van der Waals surface area contributed by atoms with Crippen molar-refractivity contribution in [3.63, 3.8) is 0 Å². The molecule has 2 rings (SSSR count). The fraction of sp³-hybridized carbons (Fsp3) is 1.00. The second-order valence-corrected chi connectivity index (χ2v) is 6.08. The first kappa shape index (κ1) is 9.21. The molecule has 2 aliphatic rings. The molecule has 0 aromatic heterocycles. The highest BCUT2D eigenvalue weighted by atomic mass is 35.7. The molecule has 0 amide bonds. The minimum Gasteiger partial charge on any atom is -0.257 e. The van der Waals surface area contributed by atoms with E-state index >= 15 is 0 Å². The van der Waals surface area contributed by atoms with Crippen LogP contribution in [0.4, 0.5) is 0 Å². The lowest BCUT2D eigenvalue weighted by atomic mass is 10.4. The van der Waals surface area contributed by atoms with E-state index in [9.17, 15) is 0 Å². The van der Waals surface area contributed by atoms with Gasteiger partial charge < -0.3 is 0 Å². The van der Waals surface area contributed by atoms with Gasteiger partial charge in [-0.3, -0.25) is 9.34 Å². The van der Waals surface area contributed by atoms with Gasteiger partial charge in [0.1, 0.15) is 7.58 Å². The Hall–Kier alpha value is 0.640. The molecule has 0 atom stereocenters. The highest BCUT2D eigenvalue weighted by Gasteiger charge is 2.27. The molecule has 0 aliphatic carbocycles. The summed E-state index contributed by atoms with van der Waals surface area (Å²) >= 11 is 6.41. The van der Waals surface area contributed by atoms with Crippen LogP contribution in [0, 0.1) is 0 Å². The van der Waals surface area contributed by atoms with Crippen molar-refractivity contribution < 1.29 is 0 Å². The molecule has 0 saturated carbocycles. The van der Waals surface area contributed by atoms with Crippen molar-refractivity contribution in [1.82, 2.24) is 9.34 Å². The van der Waals surface area contributed by atoms with Gasteiger partial charge in [0, 0.05) is 26.2 Å². The Kier molecular flexibility index (Phi) is 3.25. The van der Waals surface area contributed by atoms with Gasteiger partial charge in [-0.15, -0.1) is 0 Å². The molecule has 2 heterocycles. The van der Waals surface area contributed by atoms with Gasteiger partial charge in [0.15, 0.2) is 0 Å². The summed E-state index contributed by atoms with van der Waals surface area (Å²) in [6.45, 7) is 4.91. The number of nitrogens with zero attached hydrogens (tertiary/aromatic N) is 2. The largest absolute Gasteiger partial charge is 0.257 e. The lowest BCUT2D eigenvalue weighted by Gasteiger charge is -2.28. The van der Waals surface area contributed by atoms with E-state index < -0.39 is 7.58 Å². The van der Waals surface area contributed by atoms with E-state index in [-0.39, 0.29) is 0 Å². The van der Waals surface area contributed by atoms with Crippen LogP contribution in [0.25, 0.3) is 0 Å². The highest BCUT2D eigenvalue weighted by molar-refractivity contribution is 7.80. The molecule has 2 fully saturated rings. The molecule has 70 valence electrons. The molecule has 0 unspecified atom stereocenters. The van der Waals surface area contributed by atoms with Gasteiger partial charge in [-0.2, -0.15) is 0 Å².